The van der Waals surface area contributed by atoms with Gasteiger partial charge in [0.05, 0.1) is 0 Å². The molecule has 1 aromatic rings. The molecular formula is C11H21N5. The molecule has 0 bridgehead atoms. The summed E-state index contributed by atoms with van der Waals surface area (Å²) in [6, 6.07) is 0.356. The Kier molecular flexibility index (Phi) is 3.77. The standard InChI is InChI=1S/C11H21N5/c1-2-3-4-10-13-11(15-14-10)16-7-5-9(12)6-8-16/h9H,2-8,12H2,1H3,(H,13,14,15). The Hall–Kier alpha value is -1.10. The highest BCUT2D eigenvalue weighted by Crippen LogP contribution is 2.15. The van der Waals surface area contributed by atoms with E-state index in [-0.39, 0.29) is 0 Å². The van der Waals surface area contributed by atoms with Crippen LogP contribution >= 0.6 is 0 Å². The molecule has 0 saturated carbocycles. The van der Waals surface area contributed by atoms with Gasteiger partial charge in [-0.2, -0.15) is 4.98 Å². The van der Waals surface area contributed by atoms with Crippen LogP contribution in [0.5, 0.6) is 0 Å². The second-order valence-corrected chi connectivity index (χ2v) is 4.51. The van der Waals surface area contributed by atoms with Crippen LogP contribution in [0, 0.1) is 0 Å². The van der Waals surface area contributed by atoms with Gasteiger partial charge in [0, 0.05) is 25.6 Å². The van der Waals surface area contributed by atoms with Crippen LogP contribution in [0.1, 0.15) is 38.4 Å². The van der Waals surface area contributed by atoms with Crippen molar-refractivity contribution >= 4 is 5.95 Å². The maximum absolute atomic E-state index is 5.87. The second kappa shape index (κ2) is 5.30. The van der Waals surface area contributed by atoms with Gasteiger partial charge in [0.1, 0.15) is 5.82 Å². The van der Waals surface area contributed by atoms with Crippen LogP contribution < -0.4 is 10.6 Å². The number of H-pyrrole nitrogens is 1. The van der Waals surface area contributed by atoms with Gasteiger partial charge in [-0.3, -0.25) is 5.10 Å². The Morgan fingerprint density at radius 2 is 2.19 bits per heavy atom. The molecule has 1 aromatic heterocycles. The summed E-state index contributed by atoms with van der Waals surface area (Å²) in [6.07, 6.45) is 5.43. The van der Waals surface area contributed by atoms with E-state index in [2.05, 4.69) is 27.0 Å². The first-order valence-corrected chi connectivity index (χ1v) is 6.21. The van der Waals surface area contributed by atoms with E-state index in [1.807, 2.05) is 0 Å². The molecule has 1 aliphatic heterocycles. The Labute approximate surface area is 96.4 Å². The van der Waals surface area contributed by atoms with E-state index >= 15 is 0 Å². The molecular weight excluding hydrogens is 202 g/mol. The molecule has 5 nitrogen and oxygen atoms in total. The van der Waals surface area contributed by atoms with Crippen molar-refractivity contribution in [3.63, 3.8) is 0 Å². The van der Waals surface area contributed by atoms with Crippen LogP contribution in [0.4, 0.5) is 5.95 Å². The molecule has 0 spiro atoms. The van der Waals surface area contributed by atoms with Gasteiger partial charge in [-0.05, 0) is 19.3 Å². The van der Waals surface area contributed by atoms with Crippen molar-refractivity contribution < 1.29 is 0 Å². The fraction of sp³-hybridized carbons (Fsp3) is 0.818. The van der Waals surface area contributed by atoms with E-state index in [0.29, 0.717) is 6.04 Å². The molecule has 16 heavy (non-hydrogen) atoms. The lowest BCUT2D eigenvalue weighted by Crippen LogP contribution is -2.40. The summed E-state index contributed by atoms with van der Waals surface area (Å²) in [7, 11) is 0. The highest BCUT2D eigenvalue weighted by molar-refractivity contribution is 5.29. The van der Waals surface area contributed by atoms with Gasteiger partial charge in [-0.15, -0.1) is 5.10 Å². The first-order valence-electron chi connectivity index (χ1n) is 6.21. The lowest BCUT2D eigenvalue weighted by Gasteiger charge is -2.28. The summed E-state index contributed by atoms with van der Waals surface area (Å²) < 4.78 is 0. The zero-order valence-corrected chi connectivity index (χ0v) is 9.95. The predicted octanol–water partition coefficient (Wildman–Crippen LogP) is 1.07. The number of aromatic amines is 1. The molecule has 0 aromatic carbocycles. The topological polar surface area (TPSA) is 70.8 Å². The van der Waals surface area contributed by atoms with Crippen molar-refractivity contribution in [2.24, 2.45) is 5.73 Å². The molecule has 1 saturated heterocycles. The maximum Gasteiger partial charge on any atom is 0.244 e. The summed E-state index contributed by atoms with van der Waals surface area (Å²) in [5, 5.41) is 7.28. The minimum absolute atomic E-state index is 0.356. The van der Waals surface area contributed by atoms with E-state index in [1.54, 1.807) is 0 Å². The Morgan fingerprint density at radius 1 is 1.44 bits per heavy atom. The van der Waals surface area contributed by atoms with E-state index in [9.17, 15) is 0 Å². The molecule has 0 amide bonds. The fourth-order valence-electron chi connectivity index (χ4n) is 1.98. The summed E-state index contributed by atoms with van der Waals surface area (Å²) in [5.41, 5.74) is 5.87. The number of anilines is 1. The van der Waals surface area contributed by atoms with Crippen molar-refractivity contribution in [3.8, 4) is 0 Å². The minimum atomic E-state index is 0.356. The number of piperidine rings is 1. The van der Waals surface area contributed by atoms with Gasteiger partial charge in [0.15, 0.2) is 0 Å². The van der Waals surface area contributed by atoms with Crippen LogP contribution in [0.3, 0.4) is 0 Å². The largest absolute Gasteiger partial charge is 0.339 e. The molecule has 1 fully saturated rings. The van der Waals surface area contributed by atoms with Crippen LogP contribution in [0.25, 0.3) is 0 Å². The number of nitrogens with one attached hydrogen (secondary N) is 1. The van der Waals surface area contributed by atoms with Crippen molar-refractivity contribution in [2.45, 2.75) is 45.1 Å². The second-order valence-electron chi connectivity index (χ2n) is 4.51. The molecule has 0 radical (unpaired) electrons. The smallest absolute Gasteiger partial charge is 0.244 e. The van der Waals surface area contributed by atoms with Gasteiger partial charge in [-0.1, -0.05) is 13.3 Å². The zero-order chi connectivity index (χ0) is 11.4. The van der Waals surface area contributed by atoms with Crippen molar-refractivity contribution in [2.75, 3.05) is 18.0 Å². The third-order valence-electron chi connectivity index (χ3n) is 3.11. The number of aromatic nitrogens is 3. The number of unbranched alkanes of at least 4 members (excludes halogenated alkanes) is 1. The molecule has 3 N–H and O–H groups in total. The fourth-order valence-corrected chi connectivity index (χ4v) is 1.98. The number of nitrogens with zero attached hydrogens (tertiary/aromatic N) is 3. The normalized spacial score (nSPS) is 18.0. The molecule has 0 aliphatic carbocycles. The quantitative estimate of drug-likeness (QED) is 0.801. The number of aryl methyl sites for hydroxylation is 1. The van der Waals surface area contributed by atoms with E-state index in [4.69, 9.17) is 5.73 Å². The van der Waals surface area contributed by atoms with Gasteiger partial charge in [-0.25, -0.2) is 0 Å². The lowest BCUT2D eigenvalue weighted by atomic mass is 10.1. The Morgan fingerprint density at radius 3 is 2.88 bits per heavy atom. The van der Waals surface area contributed by atoms with Crippen molar-refractivity contribution in [1.29, 1.82) is 0 Å². The molecule has 90 valence electrons. The molecule has 2 rings (SSSR count). The van der Waals surface area contributed by atoms with E-state index in [1.165, 1.54) is 12.8 Å². The average molecular weight is 223 g/mol. The molecule has 2 heterocycles. The lowest BCUT2D eigenvalue weighted by molar-refractivity contribution is 0.496. The third kappa shape index (κ3) is 2.72. The molecule has 1 aliphatic rings. The number of hydrogen-bond donors (Lipinski definition) is 2. The Bertz CT molecular complexity index is 314. The number of nitrogens with two attached hydrogens (primary N) is 1. The van der Waals surface area contributed by atoms with Crippen LogP contribution in [-0.4, -0.2) is 34.3 Å². The van der Waals surface area contributed by atoms with E-state index in [0.717, 1.165) is 44.1 Å². The van der Waals surface area contributed by atoms with Crippen molar-refractivity contribution in [3.05, 3.63) is 5.82 Å². The highest BCUT2D eigenvalue weighted by Gasteiger charge is 2.19. The summed E-state index contributed by atoms with van der Waals surface area (Å²) in [4.78, 5) is 6.73. The van der Waals surface area contributed by atoms with Crippen LogP contribution in [0.15, 0.2) is 0 Å². The summed E-state index contributed by atoms with van der Waals surface area (Å²) in [6.45, 7) is 4.14. The van der Waals surface area contributed by atoms with Crippen LogP contribution in [0.2, 0.25) is 0 Å². The monoisotopic (exact) mass is 223 g/mol. The molecule has 0 unspecified atom stereocenters. The third-order valence-corrected chi connectivity index (χ3v) is 3.11. The first kappa shape index (κ1) is 11.4. The number of rotatable bonds is 4. The number of hydrogen-bond acceptors (Lipinski definition) is 4. The average Bonchev–Trinajstić information content (AvgIpc) is 2.76. The highest BCUT2D eigenvalue weighted by atomic mass is 15.4. The minimum Gasteiger partial charge on any atom is -0.339 e. The summed E-state index contributed by atoms with van der Waals surface area (Å²) >= 11 is 0. The van der Waals surface area contributed by atoms with Gasteiger partial charge in [0.25, 0.3) is 0 Å². The SMILES string of the molecule is CCCCc1nc(N2CCC(N)CC2)n[nH]1. The van der Waals surface area contributed by atoms with Gasteiger partial charge < -0.3 is 10.6 Å². The Balaban J connectivity index is 1.91. The summed E-state index contributed by atoms with van der Waals surface area (Å²) in [5.74, 6) is 1.85. The predicted molar refractivity (Wildman–Crippen MR) is 64.4 cm³/mol. The first-order chi connectivity index (χ1) is 7.79. The maximum atomic E-state index is 5.87. The zero-order valence-electron chi connectivity index (χ0n) is 9.95. The molecule has 0 atom stereocenters. The molecule has 5 heteroatoms. The van der Waals surface area contributed by atoms with Gasteiger partial charge in [0.2, 0.25) is 5.95 Å². The van der Waals surface area contributed by atoms with Gasteiger partial charge >= 0.3 is 0 Å². The van der Waals surface area contributed by atoms with Crippen molar-refractivity contribution in [1.82, 2.24) is 15.2 Å². The van der Waals surface area contributed by atoms with E-state index < -0.39 is 0 Å². The van der Waals surface area contributed by atoms with Crippen LogP contribution in [-0.2, 0) is 6.42 Å².